The SMILES string of the molecule is Cc1cc(C)c(C(=O)C(=O)O)cc1C. The molecular formula is C11H12O3. The minimum atomic E-state index is -1.41. The number of carbonyl (C=O) groups excluding carboxylic acids is 1. The van der Waals surface area contributed by atoms with Crippen LogP contribution in [0.25, 0.3) is 0 Å². The molecule has 0 saturated carbocycles. The van der Waals surface area contributed by atoms with E-state index in [1.165, 1.54) is 0 Å². The zero-order valence-electron chi connectivity index (χ0n) is 8.42. The van der Waals surface area contributed by atoms with Crippen molar-refractivity contribution >= 4 is 11.8 Å². The van der Waals surface area contributed by atoms with Crippen molar-refractivity contribution in [3.05, 3.63) is 34.4 Å². The van der Waals surface area contributed by atoms with Crippen molar-refractivity contribution in [1.82, 2.24) is 0 Å². The standard InChI is InChI=1S/C11H12O3/c1-6-4-8(3)9(5-7(6)2)10(12)11(13)14/h4-5H,1-3H3,(H,13,14). The van der Waals surface area contributed by atoms with Gasteiger partial charge in [-0.2, -0.15) is 0 Å². The highest BCUT2D eigenvalue weighted by Gasteiger charge is 2.17. The predicted octanol–water partition coefficient (Wildman–Crippen LogP) is 1.88. The first kappa shape index (κ1) is 10.4. The van der Waals surface area contributed by atoms with Crippen molar-refractivity contribution in [2.75, 3.05) is 0 Å². The number of aryl methyl sites for hydroxylation is 3. The van der Waals surface area contributed by atoms with E-state index in [1.807, 2.05) is 19.9 Å². The Bertz CT molecular complexity index is 405. The predicted molar refractivity (Wildman–Crippen MR) is 52.6 cm³/mol. The molecule has 1 rings (SSSR count). The van der Waals surface area contributed by atoms with E-state index in [2.05, 4.69) is 0 Å². The summed E-state index contributed by atoms with van der Waals surface area (Å²) in [7, 11) is 0. The van der Waals surface area contributed by atoms with Gasteiger partial charge in [0.05, 0.1) is 0 Å². The number of ketones is 1. The quantitative estimate of drug-likeness (QED) is 0.575. The van der Waals surface area contributed by atoms with Gasteiger partial charge in [0, 0.05) is 5.56 Å². The molecule has 0 spiro atoms. The summed E-state index contributed by atoms with van der Waals surface area (Å²) in [5.74, 6) is -2.25. The molecule has 3 heteroatoms. The second-order valence-corrected chi connectivity index (χ2v) is 3.39. The van der Waals surface area contributed by atoms with Gasteiger partial charge in [-0.25, -0.2) is 4.79 Å². The number of hydrogen-bond donors (Lipinski definition) is 1. The van der Waals surface area contributed by atoms with Crippen LogP contribution >= 0.6 is 0 Å². The summed E-state index contributed by atoms with van der Waals surface area (Å²) in [6.45, 7) is 5.52. The van der Waals surface area contributed by atoms with Crippen molar-refractivity contribution in [2.24, 2.45) is 0 Å². The Morgan fingerprint density at radius 2 is 1.50 bits per heavy atom. The molecule has 0 heterocycles. The van der Waals surface area contributed by atoms with E-state index in [1.54, 1.807) is 13.0 Å². The molecule has 0 atom stereocenters. The smallest absolute Gasteiger partial charge is 0.377 e. The monoisotopic (exact) mass is 192 g/mol. The van der Waals surface area contributed by atoms with Gasteiger partial charge in [0.15, 0.2) is 0 Å². The van der Waals surface area contributed by atoms with Gasteiger partial charge in [-0.3, -0.25) is 4.79 Å². The Labute approximate surface area is 82.4 Å². The maximum atomic E-state index is 11.2. The fourth-order valence-electron chi connectivity index (χ4n) is 1.32. The minimum absolute atomic E-state index is 0.278. The van der Waals surface area contributed by atoms with Gasteiger partial charge in [-0.15, -0.1) is 0 Å². The van der Waals surface area contributed by atoms with Crippen LogP contribution in [0, 0.1) is 20.8 Å². The molecule has 0 amide bonds. The Morgan fingerprint density at radius 1 is 1.00 bits per heavy atom. The van der Waals surface area contributed by atoms with Crippen molar-refractivity contribution < 1.29 is 14.7 Å². The lowest BCUT2D eigenvalue weighted by atomic mass is 9.98. The highest BCUT2D eigenvalue weighted by atomic mass is 16.4. The van der Waals surface area contributed by atoms with E-state index in [0.717, 1.165) is 11.1 Å². The summed E-state index contributed by atoms with van der Waals surface area (Å²) >= 11 is 0. The molecule has 1 aromatic rings. The third kappa shape index (κ3) is 1.82. The van der Waals surface area contributed by atoms with Gasteiger partial charge < -0.3 is 5.11 Å². The van der Waals surface area contributed by atoms with Crippen molar-refractivity contribution in [1.29, 1.82) is 0 Å². The van der Waals surface area contributed by atoms with Crippen LogP contribution in [0.1, 0.15) is 27.0 Å². The number of carboxylic acid groups (broad SMARTS) is 1. The van der Waals surface area contributed by atoms with Gasteiger partial charge in [-0.1, -0.05) is 6.07 Å². The molecule has 0 fully saturated rings. The molecule has 0 aliphatic carbocycles. The summed E-state index contributed by atoms with van der Waals surface area (Å²) in [5, 5.41) is 8.57. The summed E-state index contributed by atoms with van der Waals surface area (Å²) in [5.41, 5.74) is 2.98. The zero-order valence-corrected chi connectivity index (χ0v) is 8.42. The molecule has 74 valence electrons. The fourth-order valence-corrected chi connectivity index (χ4v) is 1.32. The number of carbonyl (C=O) groups is 2. The molecule has 0 bridgehead atoms. The molecule has 0 aliphatic heterocycles. The normalized spacial score (nSPS) is 9.93. The maximum Gasteiger partial charge on any atom is 0.377 e. The van der Waals surface area contributed by atoms with Gasteiger partial charge in [0.2, 0.25) is 0 Å². The van der Waals surface area contributed by atoms with Gasteiger partial charge in [0.1, 0.15) is 0 Å². The van der Waals surface area contributed by atoms with E-state index >= 15 is 0 Å². The number of hydrogen-bond acceptors (Lipinski definition) is 2. The molecule has 14 heavy (non-hydrogen) atoms. The van der Waals surface area contributed by atoms with Crippen molar-refractivity contribution in [3.63, 3.8) is 0 Å². The van der Waals surface area contributed by atoms with Crippen molar-refractivity contribution in [2.45, 2.75) is 20.8 Å². The van der Waals surface area contributed by atoms with E-state index < -0.39 is 11.8 Å². The van der Waals surface area contributed by atoms with E-state index in [4.69, 9.17) is 5.11 Å². The Kier molecular flexibility index (Phi) is 2.70. The first-order valence-electron chi connectivity index (χ1n) is 4.29. The number of aliphatic carboxylic acids is 1. The van der Waals surface area contributed by atoms with Crippen LogP contribution in [0.5, 0.6) is 0 Å². The van der Waals surface area contributed by atoms with Crippen molar-refractivity contribution in [3.8, 4) is 0 Å². The summed E-state index contributed by atoms with van der Waals surface area (Å²) in [6.07, 6.45) is 0. The van der Waals surface area contributed by atoms with Crippen LogP contribution in [-0.2, 0) is 4.79 Å². The molecule has 0 aliphatic rings. The topological polar surface area (TPSA) is 54.4 Å². The first-order valence-corrected chi connectivity index (χ1v) is 4.29. The Hall–Kier alpha value is -1.64. The number of rotatable bonds is 2. The molecule has 1 aromatic carbocycles. The van der Waals surface area contributed by atoms with Crippen LogP contribution < -0.4 is 0 Å². The third-order valence-corrected chi connectivity index (χ3v) is 2.28. The summed E-state index contributed by atoms with van der Waals surface area (Å²) in [4.78, 5) is 21.7. The average Bonchev–Trinajstić information content (AvgIpc) is 2.10. The van der Waals surface area contributed by atoms with Gasteiger partial charge in [-0.05, 0) is 43.5 Å². The average molecular weight is 192 g/mol. The molecular weight excluding hydrogens is 180 g/mol. The van der Waals surface area contributed by atoms with Gasteiger partial charge >= 0.3 is 5.97 Å². The third-order valence-electron chi connectivity index (χ3n) is 2.28. The molecule has 0 saturated heterocycles. The molecule has 0 radical (unpaired) electrons. The second kappa shape index (κ2) is 3.62. The number of Topliss-reactive ketones (excluding diaryl/α,β-unsaturated/α-hetero) is 1. The lowest BCUT2D eigenvalue weighted by Gasteiger charge is -2.06. The minimum Gasteiger partial charge on any atom is -0.475 e. The van der Waals surface area contributed by atoms with Crippen LogP contribution in [0.4, 0.5) is 0 Å². The van der Waals surface area contributed by atoms with E-state index in [0.29, 0.717) is 5.56 Å². The number of carboxylic acids is 1. The highest BCUT2D eigenvalue weighted by Crippen LogP contribution is 2.15. The van der Waals surface area contributed by atoms with Crippen LogP contribution in [0.3, 0.4) is 0 Å². The van der Waals surface area contributed by atoms with Crippen LogP contribution in [0.2, 0.25) is 0 Å². The molecule has 1 N–H and O–H groups in total. The second-order valence-electron chi connectivity index (χ2n) is 3.39. The highest BCUT2D eigenvalue weighted by molar-refractivity contribution is 6.40. The summed E-state index contributed by atoms with van der Waals surface area (Å²) < 4.78 is 0. The van der Waals surface area contributed by atoms with Gasteiger partial charge in [0.25, 0.3) is 5.78 Å². The first-order chi connectivity index (χ1) is 6.43. The fraction of sp³-hybridized carbons (Fsp3) is 0.273. The largest absolute Gasteiger partial charge is 0.475 e. The molecule has 0 aromatic heterocycles. The Morgan fingerprint density at radius 3 is 2.00 bits per heavy atom. The van der Waals surface area contributed by atoms with Crippen LogP contribution in [-0.4, -0.2) is 16.9 Å². The molecule has 0 unspecified atom stereocenters. The summed E-state index contributed by atoms with van der Waals surface area (Å²) in [6, 6.07) is 3.45. The van der Waals surface area contributed by atoms with E-state index in [-0.39, 0.29) is 5.56 Å². The lowest BCUT2D eigenvalue weighted by Crippen LogP contribution is -2.14. The zero-order chi connectivity index (χ0) is 10.9. The Balaban J connectivity index is 3.29. The lowest BCUT2D eigenvalue weighted by molar-refractivity contribution is -0.131. The van der Waals surface area contributed by atoms with Crippen LogP contribution in [0.15, 0.2) is 12.1 Å². The van der Waals surface area contributed by atoms with E-state index in [9.17, 15) is 9.59 Å². The number of benzene rings is 1. The molecule has 3 nitrogen and oxygen atoms in total. The maximum absolute atomic E-state index is 11.2.